The molecule has 0 atom stereocenters. The number of anilines is 1. The van der Waals surface area contributed by atoms with Gasteiger partial charge in [-0.25, -0.2) is 9.59 Å². The highest BCUT2D eigenvalue weighted by molar-refractivity contribution is 5.99. The van der Waals surface area contributed by atoms with Gasteiger partial charge < -0.3 is 19.5 Å². The second-order valence-electron chi connectivity index (χ2n) is 5.75. The van der Waals surface area contributed by atoms with E-state index in [4.69, 9.17) is 4.74 Å². The molecule has 0 fully saturated rings. The molecule has 1 N–H and O–H groups in total. The summed E-state index contributed by atoms with van der Waals surface area (Å²) in [7, 11) is 2.46. The molecular weight excluding hydrogens is 350 g/mol. The van der Waals surface area contributed by atoms with Crippen molar-refractivity contribution in [3.8, 4) is 5.75 Å². The van der Waals surface area contributed by atoms with E-state index in [9.17, 15) is 14.4 Å². The van der Waals surface area contributed by atoms with Gasteiger partial charge in [0.05, 0.1) is 38.4 Å². The average molecular weight is 371 g/mol. The molecule has 0 aliphatic carbocycles. The van der Waals surface area contributed by atoms with Crippen molar-refractivity contribution in [1.29, 1.82) is 0 Å². The fraction of sp³-hybridized carbons (Fsp3) is 0.250. The summed E-state index contributed by atoms with van der Waals surface area (Å²) >= 11 is 0. The van der Waals surface area contributed by atoms with Gasteiger partial charge in [0.15, 0.2) is 0 Å². The number of rotatable bonds is 7. The van der Waals surface area contributed by atoms with E-state index in [0.29, 0.717) is 11.4 Å². The molecule has 7 heteroatoms. The molecule has 0 aromatic heterocycles. The fourth-order valence-corrected chi connectivity index (χ4v) is 2.36. The second-order valence-corrected chi connectivity index (χ2v) is 5.75. The van der Waals surface area contributed by atoms with Gasteiger partial charge in [-0.05, 0) is 42.8 Å². The molecule has 2 rings (SSSR count). The predicted octanol–water partition coefficient (Wildman–Crippen LogP) is 2.98. The molecule has 0 heterocycles. The minimum Gasteiger partial charge on any atom is -0.493 e. The molecule has 0 spiro atoms. The van der Waals surface area contributed by atoms with Gasteiger partial charge in [-0.2, -0.15) is 0 Å². The van der Waals surface area contributed by atoms with Crippen LogP contribution in [0.5, 0.6) is 5.75 Å². The maximum Gasteiger partial charge on any atom is 0.337 e. The van der Waals surface area contributed by atoms with Gasteiger partial charge in [-0.15, -0.1) is 0 Å². The number of amides is 1. The largest absolute Gasteiger partial charge is 0.493 e. The Labute approximate surface area is 157 Å². The zero-order valence-corrected chi connectivity index (χ0v) is 15.4. The first kappa shape index (κ1) is 20.0. The Morgan fingerprint density at radius 3 is 2.11 bits per heavy atom. The van der Waals surface area contributed by atoms with Crippen molar-refractivity contribution in [2.45, 2.75) is 13.3 Å². The van der Waals surface area contributed by atoms with Crippen LogP contribution in [0.4, 0.5) is 5.69 Å². The van der Waals surface area contributed by atoms with Crippen LogP contribution in [0.2, 0.25) is 0 Å². The van der Waals surface area contributed by atoms with Crippen molar-refractivity contribution in [2.24, 2.45) is 0 Å². The molecule has 0 aliphatic rings. The highest BCUT2D eigenvalue weighted by Gasteiger charge is 2.15. The van der Waals surface area contributed by atoms with E-state index in [-0.39, 0.29) is 30.1 Å². The van der Waals surface area contributed by atoms with E-state index in [1.54, 1.807) is 0 Å². The van der Waals surface area contributed by atoms with Crippen LogP contribution in [-0.2, 0) is 14.3 Å². The first-order valence-electron chi connectivity index (χ1n) is 8.24. The number of hydrogen-bond donors (Lipinski definition) is 1. The Balaban J connectivity index is 2.03. The number of aryl methyl sites for hydroxylation is 1. The van der Waals surface area contributed by atoms with Crippen molar-refractivity contribution < 1.29 is 28.6 Å². The number of esters is 2. The van der Waals surface area contributed by atoms with Gasteiger partial charge in [0.1, 0.15) is 5.75 Å². The Hall–Kier alpha value is -3.35. The summed E-state index contributed by atoms with van der Waals surface area (Å²) in [6.45, 7) is 2.14. The molecule has 0 bridgehead atoms. The second kappa shape index (κ2) is 9.38. The lowest BCUT2D eigenvalue weighted by Gasteiger charge is -2.10. The summed E-state index contributed by atoms with van der Waals surface area (Å²) in [6.07, 6.45) is 0.101. The number of ether oxygens (including phenoxy) is 3. The number of hydrogen-bond acceptors (Lipinski definition) is 6. The van der Waals surface area contributed by atoms with Gasteiger partial charge >= 0.3 is 11.9 Å². The summed E-state index contributed by atoms with van der Waals surface area (Å²) in [5.74, 6) is -0.887. The summed E-state index contributed by atoms with van der Waals surface area (Å²) in [6, 6.07) is 11.7. The standard InChI is InChI=1S/C20H21NO6/c1-13-5-4-6-17(9-13)27-8-7-18(22)21-16-11-14(19(23)25-2)10-15(12-16)20(24)26-3/h4-6,9-12H,7-8H2,1-3H3,(H,21,22). The summed E-state index contributed by atoms with van der Waals surface area (Å²) in [5.41, 5.74) is 1.61. The summed E-state index contributed by atoms with van der Waals surface area (Å²) < 4.78 is 14.9. The minimum absolute atomic E-state index is 0.101. The van der Waals surface area contributed by atoms with Gasteiger partial charge in [-0.1, -0.05) is 12.1 Å². The minimum atomic E-state index is -0.626. The number of carbonyl (C=O) groups excluding carboxylic acids is 3. The molecular formula is C20H21NO6. The van der Waals surface area contributed by atoms with Gasteiger partial charge in [0, 0.05) is 5.69 Å². The van der Waals surface area contributed by atoms with Crippen molar-refractivity contribution >= 4 is 23.5 Å². The van der Waals surface area contributed by atoms with Gasteiger partial charge in [-0.3, -0.25) is 4.79 Å². The van der Waals surface area contributed by atoms with Crippen LogP contribution in [0.1, 0.15) is 32.7 Å². The Morgan fingerprint density at radius 1 is 0.926 bits per heavy atom. The van der Waals surface area contributed by atoms with Crippen LogP contribution in [0, 0.1) is 6.92 Å². The van der Waals surface area contributed by atoms with Crippen LogP contribution in [0.15, 0.2) is 42.5 Å². The van der Waals surface area contributed by atoms with Crippen molar-refractivity contribution in [3.05, 3.63) is 59.2 Å². The fourth-order valence-electron chi connectivity index (χ4n) is 2.36. The normalized spacial score (nSPS) is 10.0. The Kier molecular flexibility index (Phi) is 6.93. The highest BCUT2D eigenvalue weighted by atomic mass is 16.5. The third kappa shape index (κ3) is 5.85. The lowest BCUT2D eigenvalue weighted by Crippen LogP contribution is -2.16. The monoisotopic (exact) mass is 371 g/mol. The zero-order chi connectivity index (χ0) is 19.8. The molecule has 142 valence electrons. The summed E-state index contributed by atoms with van der Waals surface area (Å²) in [5, 5.41) is 2.64. The van der Waals surface area contributed by atoms with Crippen molar-refractivity contribution in [3.63, 3.8) is 0 Å². The number of carbonyl (C=O) groups is 3. The maximum atomic E-state index is 12.1. The molecule has 0 aliphatic heterocycles. The Morgan fingerprint density at radius 2 is 1.56 bits per heavy atom. The van der Waals surface area contributed by atoms with Crippen LogP contribution in [-0.4, -0.2) is 38.7 Å². The van der Waals surface area contributed by atoms with Crippen LogP contribution >= 0.6 is 0 Å². The van der Waals surface area contributed by atoms with Crippen LogP contribution in [0.3, 0.4) is 0 Å². The van der Waals surface area contributed by atoms with E-state index >= 15 is 0 Å². The van der Waals surface area contributed by atoms with E-state index in [1.807, 2.05) is 31.2 Å². The van der Waals surface area contributed by atoms with Crippen LogP contribution < -0.4 is 10.1 Å². The lowest BCUT2D eigenvalue weighted by atomic mass is 10.1. The van der Waals surface area contributed by atoms with Crippen molar-refractivity contribution in [1.82, 2.24) is 0 Å². The average Bonchev–Trinajstić information content (AvgIpc) is 2.66. The SMILES string of the molecule is COC(=O)c1cc(NC(=O)CCOc2cccc(C)c2)cc(C(=O)OC)c1. The predicted molar refractivity (Wildman–Crippen MR) is 99.0 cm³/mol. The van der Waals surface area contributed by atoms with Gasteiger partial charge in [0.25, 0.3) is 0 Å². The molecule has 27 heavy (non-hydrogen) atoms. The molecule has 2 aromatic carbocycles. The molecule has 0 saturated heterocycles. The molecule has 0 radical (unpaired) electrons. The van der Waals surface area contributed by atoms with Gasteiger partial charge in [0.2, 0.25) is 5.91 Å². The topological polar surface area (TPSA) is 90.9 Å². The highest BCUT2D eigenvalue weighted by Crippen LogP contribution is 2.18. The molecule has 7 nitrogen and oxygen atoms in total. The third-order valence-corrected chi connectivity index (χ3v) is 3.65. The number of benzene rings is 2. The van der Waals surface area contributed by atoms with Crippen molar-refractivity contribution in [2.75, 3.05) is 26.1 Å². The van der Waals surface area contributed by atoms with E-state index in [0.717, 1.165) is 5.56 Å². The lowest BCUT2D eigenvalue weighted by molar-refractivity contribution is -0.116. The molecule has 0 unspecified atom stereocenters. The number of nitrogens with one attached hydrogen (secondary N) is 1. The number of methoxy groups -OCH3 is 2. The Bertz CT molecular complexity index is 812. The molecule has 0 saturated carbocycles. The van der Waals surface area contributed by atoms with Crippen LogP contribution in [0.25, 0.3) is 0 Å². The van der Waals surface area contributed by atoms with E-state index in [1.165, 1.54) is 32.4 Å². The quantitative estimate of drug-likeness (QED) is 0.753. The third-order valence-electron chi connectivity index (χ3n) is 3.65. The smallest absolute Gasteiger partial charge is 0.337 e. The van der Waals surface area contributed by atoms with E-state index < -0.39 is 11.9 Å². The zero-order valence-electron chi connectivity index (χ0n) is 15.4. The first-order chi connectivity index (χ1) is 12.9. The molecule has 1 amide bonds. The molecule has 2 aromatic rings. The van der Waals surface area contributed by atoms with E-state index in [2.05, 4.69) is 14.8 Å². The maximum absolute atomic E-state index is 12.1. The summed E-state index contributed by atoms with van der Waals surface area (Å²) in [4.78, 5) is 35.7. The first-order valence-corrected chi connectivity index (χ1v) is 8.24.